The van der Waals surface area contributed by atoms with Crippen LogP contribution in [0.4, 0.5) is 0 Å². The van der Waals surface area contributed by atoms with E-state index in [9.17, 15) is 0 Å². The molecule has 1 unspecified atom stereocenters. The summed E-state index contributed by atoms with van der Waals surface area (Å²) in [6.07, 6.45) is 10.6. The van der Waals surface area contributed by atoms with Crippen molar-refractivity contribution < 1.29 is 4.48 Å². The lowest BCUT2D eigenvalue weighted by molar-refractivity contribution is -0.927. The van der Waals surface area contributed by atoms with E-state index in [1.807, 2.05) is 0 Å². The Hall–Kier alpha value is 0.250. The molecule has 0 radical (unpaired) electrons. The Labute approximate surface area is 109 Å². The molecule has 0 aromatic rings. The number of terminal acetylenes is 1. The molecule has 0 aromatic heterocycles. The van der Waals surface area contributed by atoms with Crippen LogP contribution in [0.25, 0.3) is 0 Å². The van der Waals surface area contributed by atoms with Gasteiger partial charge in [0, 0.05) is 22.6 Å². The fraction of sp³-hybridized carbons (Fsp3) is 0.846. The lowest BCUT2D eigenvalue weighted by Gasteiger charge is -2.40. The molecule has 0 rings (SSSR count). The topological polar surface area (TPSA) is 0 Å². The van der Waals surface area contributed by atoms with Crippen LogP contribution in [-0.2, 0) is 0 Å². The minimum Gasteiger partial charge on any atom is -0.303 e. The summed E-state index contributed by atoms with van der Waals surface area (Å²) in [5.41, 5.74) is 0. The van der Waals surface area contributed by atoms with Gasteiger partial charge in [0.1, 0.15) is 0 Å². The number of hydrogen-bond donors (Lipinski definition) is 0. The van der Waals surface area contributed by atoms with Gasteiger partial charge in [0.15, 0.2) is 0 Å². The number of alkyl halides is 1. The van der Waals surface area contributed by atoms with Crippen molar-refractivity contribution in [2.45, 2.75) is 50.5 Å². The number of unbranched alkanes of at least 4 members (excludes halogenated alkanes) is 1. The van der Waals surface area contributed by atoms with Crippen molar-refractivity contribution in [1.82, 2.24) is 0 Å². The van der Waals surface area contributed by atoms with Crippen molar-refractivity contribution in [2.75, 3.05) is 19.6 Å². The number of rotatable bonds is 8. The predicted octanol–water partition coefficient (Wildman–Crippen LogP) is 3.82. The van der Waals surface area contributed by atoms with Crippen molar-refractivity contribution in [2.24, 2.45) is 0 Å². The first-order chi connectivity index (χ1) is 7.16. The highest BCUT2D eigenvalue weighted by molar-refractivity contribution is 14.1. The third-order valence-corrected chi connectivity index (χ3v) is 4.45. The van der Waals surface area contributed by atoms with E-state index in [1.54, 1.807) is 0 Å². The molecule has 1 atom stereocenters. The molecule has 0 spiro atoms. The zero-order valence-electron chi connectivity index (χ0n) is 10.4. The minimum atomic E-state index is 0.342. The second-order valence-corrected chi connectivity index (χ2v) is 5.43. The summed E-state index contributed by atoms with van der Waals surface area (Å²) in [4.78, 5) is 0. The van der Waals surface area contributed by atoms with E-state index in [0.29, 0.717) is 4.05 Å². The Morgan fingerprint density at radius 2 is 1.60 bits per heavy atom. The second kappa shape index (κ2) is 8.41. The van der Waals surface area contributed by atoms with Gasteiger partial charge in [0.2, 0.25) is 4.05 Å². The SMILES string of the molecule is C#CC(I)[N+](CCC)(CCC)CCCC. The molecule has 0 aliphatic rings. The molecular weight excluding hydrogens is 297 g/mol. The molecule has 0 fully saturated rings. The summed E-state index contributed by atoms with van der Waals surface area (Å²) in [5, 5.41) is 0. The molecule has 0 aliphatic heterocycles. The highest BCUT2D eigenvalue weighted by Crippen LogP contribution is 2.22. The molecule has 15 heavy (non-hydrogen) atoms. The van der Waals surface area contributed by atoms with Gasteiger partial charge in [-0.1, -0.05) is 27.2 Å². The normalized spacial score (nSPS) is 13.5. The fourth-order valence-electron chi connectivity index (χ4n) is 2.20. The third kappa shape index (κ3) is 4.74. The van der Waals surface area contributed by atoms with Gasteiger partial charge in [-0.25, -0.2) is 0 Å². The molecule has 0 aromatic carbocycles. The number of halogens is 1. The standard InChI is InChI=1S/C13H25IN/c1-5-9-12-15(10-6-2,11-7-3)13(14)8-4/h4,13H,5-7,9-12H2,1-3H3/q+1. The van der Waals surface area contributed by atoms with E-state index in [2.05, 4.69) is 49.3 Å². The molecule has 0 N–H and O–H groups in total. The maximum absolute atomic E-state index is 5.62. The Bertz CT molecular complexity index is 189. The summed E-state index contributed by atoms with van der Waals surface area (Å²) < 4.78 is 1.46. The predicted molar refractivity (Wildman–Crippen MR) is 77.0 cm³/mol. The van der Waals surface area contributed by atoms with Crippen molar-refractivity contribution in [3.8, 4) is 12.3 Å². The maximum atomic E-state index is 5.62. The van der Waals surface area contributed by atoms with Crippen LogP contribution in [0.1, 0.15) is 46.5 Å². The molecule has 1 nitrogen and oxygen atoms in total. The van der Waals surface area contributed by atoms with Gasteiger partial charge in [0.05, 0.1) is 19.6 Å². The molecule has 88 valence electrons. The maximum Gasteiger partial charge on any atom is 0.200 e. The first-order valence-electron chi connectivity index (χ1n) is 6.12. The van der Waals surface area contributed by atoms with E-state index >= 15 is 0 Å². The van der Waals surface area contributed by atoms with Crippen LogP contribution in [-0.4, -0.2) is 28.2 Å². The van der Waals surface area contributed by atoms with Crippen molar-refractivity contribution in [3.63, 3.8) is 0 Å². The summed E-state index contributed by atoms with van der Waals surface area (Å²) in [5.74, 6) is 2.94. The number of hydrogen-bond acceptors (Lipinski definition) is 0. The molecule has 0 heterocycles. The molecule has 0 bridgehead atoms. The highest BCUT2D eigenvalue weighted by Gasteiger charge is 2.31. The Kier molecular flexibility index (Phi) is 8.55. The lowest BCUT2D eigenvalue weighted by atomic mass is 10.2. The van der Waals surface area contributed by atoms with Crippen molar-refractivity contribution in [1.29, 1.82) is 0 Å². The second-order valence-electron chi connectivity index (χ2n) is 4.25. The fourth-order valence-corrected chi connectivity index (χ4v) is 3.03. The first-order valence-corrected chi connectivity index (χ1v) is 7.37. The van der Waals surface area contributed by atoms with Gasteiger partial charge < -0.3 is 4.48 Å². The largest absolute Gasteiger partial charge is 0.303 e. The number of nitrogens with zero attached hydrogens (tertiary/aromatic N) is 1. The Morgan fingerprint density at radius 1 is 1.07 bits per heavy atom. The van der Waals surface area contributed by atoms with Crippen LogP contribution in [0.15, 0.2) is 0 Å². The van der Waals surface area contributed by atoms with Gasteiger partial charge in [-0.2, -0.15) is 0 Å². The molecule has 0 saturated carbocycles. The van der Waals surface area contributed by atoms with Gasteiger partial charge in [-0.05, 0) is 25.2 Å². The molecule has 0 amide bonds. The summed E-state index contributed by atoms with van der Waals surface area (Å²) in [6, 6.07) is 0. The molecule has 2 heteroatoms. The first kappa shape index (κ1) is 15.2. The quantitative estimate of drug-likeness (QED) is 0.210. The smallest absolute Gasteiger partial charge is 0.200 e. The van der Waals surface area contributed by atoms with Crippen LogP contribution < -0.4 is 0 Å². The van der Waals surface area contributed by atoms with E-state index in [-0.39, 0.29) is 0 Å². The van der Waals surface area contributed by atoms with E-state index in [0.717, 1.165) is 4.48 Å². The molecule has 0 saturated heterocycles. The molecular formula is C13H25IN+. The Morgan fingerprint density at radius 3 is 1.93 bits per heavy atom. The average molecular weight is 322 g/mol. The van der Waals surface area contributed by atoms with Crippen molar-refractivity contribution in [3.05, 3.63) is 0 Å². The van der Waals surface area contributed by atoms with Crippen LogP contribution in [0, 0.1) is 12.3 Å². The molecule has 0 aliphatic carbocycles. The van der Waals surface area contributed by atoms with Crippen LogP contribution in [0.3, 0.4) is 0 Å². The van der Waals surface area contributed by atoms with Crippen LogP contribution in [0.5, 0.6) is 0 Å². The van der Waals surface area contributed by atoms with Gasteiger partial charge in [-0.3, -0.25) is 0 Å². The van der Waals surface area contributed by atoms with E-state index in [1.165, 1.54) is 45.3 Å². The average Bonchev–Trinajstić information content (AvgIpc) is 2.25. The van der Waals surface area contributed by atoms with Crippen molar-refractivity contribution >= 4 is 22.6 Å². The monoisotopic (exact) mass is 322 g/mol. The zero-order chi connectivity index (χ0) is 11.7. The van der Waals surface area contributed by atoms with Gasteiger partial charge in [0.25, 0.3) is 0 Å². The van der Waals surface area contributed by atoms with Gasteiger partial charge in [-0.15, -0.1) is 6.42 Å². The summed E-state index contributed by atoms with van der Waals surface area (Å²) >= 11 is 2.44. The van der Waals surface area contributed by atoms with Gasteiger partial charge >= 0.3 is 0 Å². The highest BCUT2D eigenvalue weighted by atomic mass is 127. The van der Waals surface area contributed by atoms with E-state index < -0.39 is 0 Å². The lowest BCUT2D eigenvalue weighted by Crippen LogP contribution is -2.54. The van der Waals surface area contributed by atoms with Crippen LogP contribution in [0.2, 0.25) is 0 Å². The van der Waals surface area contributed by atoms with Crippen LogP contribution >= 0.6 is 22.6 Å². The Balaban J connectivity index is 4.64. The summed E-state index contributed by atoms with van der Waals surface area (Å²) in [6.45, 7) is 10.5. The van der Waals surface area contributed by atoms with E-state index in [4.69, 9.17) is 6.42 Å². The number of quaternary nitrogens is 1. The minimum absolute atomic E-state index is 0.342. The summed E-state index contributed by atoms with van der Waals surface area (Å²) in [7, 11) is 0. The zero-order valence-corrected chi connectivity index (χ0v) is 12.6. The third-order valence-electron chi connectivity index (χ3n) is 2.91.